The Morgan fingerprint density at radius 2 is 1.00 bits per heavy atom. The van der Waals surface area contributed by atoms with Crippen LogP contribution in [0.15, 0.2) is 97.2 Å². The normalized spacial score (nSPS) is 14.2. The quantitative estimate of drug-likeness (QED) is 0.0247. The molecule has 0 radical (unpaired) electrons. The number of aliphatic hydroxyl groups is 2. The summed E-state index contributed by atoms with van der Waals surface area (Å²) in [5.41, 5.74) is 0. The van der Waals surface area contributed by atoms with Crippen LogP contribution in [-0.2, 0) is 14.3 Å². The lowest BCUT2D eigenvalue weighted by molar-refractivity contribution is -0.151. The summed E-state index contributed by atoms with van der Waals surface area (Å²) in [5, 5.41) is 23.7. The van der Waals surface area contributed by atoms with E-state index in [0.717, 1.165) is 70.6 Å². The van der Waals surface area contributed by atoms with Crippen molar-refractivity contribution in [1.82, 2.24) is 5.32 Å². The van der Waals surface area contributed by atoms with Crippen LogP contribution in [0.3, 0.4) is 0 Å². The molecule has 0 aromatic carbocycles. The summed E-state index contributed by atoms with van der Waals surface area (Å²) in [6.45, 7) is 6.18. The molecule has 6 nitrogen and oxygen atoms in total. The Balaban J connectivity index is 4.71. The number of carbonyl (C=O) groups is 2. The number of hydrogen-bond donors (Lipinski definition) is 3. The van der Waals surface area contributed by atoms with Crippen molar-refractivity contribution in [2.45, 2.75) is 219 Å². The van der Waals surface area contributed by atoms with Crippen molar-refractivity contribution in [2.75, 3.05) is 6.61 Å². The summed E-state index contributed by atoms with van der Waals surface area (Å²) in [6, 6.07) is -0.733. The minimum atomic E-state index is -0.815. The standard InChI is InChI=1S/C53H89NO5/c1-4-7-10-13-16-19-22-25-26-28-30-33-36-39-42-45-51(56)50(48-55)54-52(57)47-49(44-41-38-35-32-29-24-21-18-15-12-9-6-3)59-53(58)46-43-40-37-34-31-27-23-20-17-14-11-8-5-2/h8-9,11-12,14,17-18,20-21,23,27,29,31-32,34,37,49-51,55-56H,4-7,10,13,15-16,19,22,24-26,28,30,33,35-36,38-48H2,1-3H3,(H,54,57)/b11-8+,12-9+,17-14+,21-18+,23-20-,31-27-,32-29+,37-34+. The number of hydrogen-bond acceptors (Lipinski definition) is 5. The molecule has 3 N–H and O–H groups in total. The van der Waals surface area contributed by atoms with E-state index in [9.17, 15) is 19.8 Å². The van der Waals surface area contributed by atoms with Gasteiger partial charge in [0.05, 0.1) is 25.2 Å². The van der Waals surface area contributed by atoms with Crippen molar-refractivity contribution < 1.29 is 24.5 Å². The summed E-state index contributed by atoms with van der Waals surface area (Å²) in [7, 11) is 0. The molecule has 0 rings (SSSR count). The number of carbonyl (C=O) groups excluding carboxylic acids is 2. The van der Waals surface area contributed by atoms with E-state index in [2.05, 4.69) is 68.6 Å². The van der Waals surface area contributed by atoms with Gasteiger partial charge < -0.3 is 20.3 Å². The van der Waals surface area contributed by atoms with Crippen LogP contribution >= 0.6 is 0 Å². The van der Waals surface area contributed by atoms with Gasteiger partial charge in [-0.25, -0.2) is 0 Å². The fourth-order valence-corrected chi connectivity index (χ4v) is 6.71. The molecule has 0 aliphatic rings. The van der Waals surface area contributed by atoms with E-state index < -0.39 is 18.2 Å². The van der Waals surface area contributed by atoms with Crippen molar-refractivity contribution in [2.24, 2.45) is 0 Å². The van der Waals surface area contributed by atoms with E-state index in [0.29, 0.717) is 19.3 Å². The zero-order valence-corrected chi connectivity index (χ0v) is 38.1. The van der Waals surface area contributed by atoms with Crippen molar-refractivity contribution in [3.63, 3.8) is 0 Å². The second kappa shape index (κ2) is 45.9. The van der Waals surface area contributed by atoms with Crippen molar-refractivity contribution >= 4 is 11.9 Å². The topological polar surface area (TPSA) is 95.9 Å². The van der Waals surface area contributed by atoms with E-state index in [4.69, 9.17) is 4.74 Å². The van der Waals surface area contributed by atoms with Crippen LogP contribution in [0.4, 0.5) is 0 Å². The highest BCUT2D eigenvalue weighted by Crippen LogP contribution is 2.16. The maximum Gasteiger partial charge on any atom is 0.306 e. The van der Waals surface area contributed by atoms with Gasteiger partial charge in [0.25, 0.3) is 0 Å². The van der Waals surface area contributed by atoms with Gasteiger partial charge in [0.2, 0.25) is 5.91 Å². The van der Waals surface area contributed by atoms with Crippen LogP contribution in [0.1, 0.15) is 201 Å². The molecular weight excluding hydrogens is 731 g/mol. The van der Waals surface area contributed by atoms with Crippen LogP contribution in [0.5, 0.6) is 0 Å². The summed E-state index contributed by atoms with van der Waals surface area (Å²) >= 11 is 0. The zero-order valence-electron chi connectivity index (χ0n) is 38.1. The fraction of sp³-hybridized carbons (Fsp3) is 0.660. The fourth-order valence-electron chi connectivity index (χ4n) is 6.71. The van der Waals surface area contributed by atoms with Gasteiger partial charge in [0, 0.05) is 6.42 Å². The van der Waals surface area contributed by atoms with Gasteiger partial charge in [-0.3, -0.25) is 9.59 Å². The molecule has 0 heterocycles. The highest BCUT2D eigenvalue weighted by Gasteiger charge is 2.24. The maximum atomic E-state index is 13.2. The van der Waals surface area contributed by atoms with Gasteiger partial charge in [-0.15, -0.1) is 0 Å². The van der Waals surface area contributed by atoms with E-state index in [1.54, 1.807) is 0 Å². The molecular formula is C53H89NO5. The van der Waals surface area contributed by atoms with Gasteiger partial charge in [-0.1, -0.05) is 214 Å². The smallest absolute Gasteiger partial charge is 0.306 e. The highest BCUT2D eigenvalue weighted by molar-refractivity contribution is 5.77. The zero-order chi connectivity index (χ0) is 43.1. The Hall–Kier alpha value is -3.22. The first-order valence-electron chi connectivity index (χ1n) is 24.0. The molecule has 3 unspecified atom stereocenters. The molecule has 0 bridgehead atoms. The minimum Gasteiger partial charge on any atom is -0.462 e. The third-order valence-electron chi connectivity index (χ3n) is 10.3. The Bertz CT molecular complexity index is 1190. The Morgan fingerprint density at radius 3 is 1.56 bits per heavy atom. The van der Waals surface area contributed by atoms with E-state index in [1.165, 1.54) is 77.0 Å². The summed E-state index contributed by atoms with van der Waals surface area (Å²) in [4.78, 5) is 26.0. The number of allylic oxidation sites excluding steroid dienone is 16. The predicted octanol–water partition coefficient (Wildman–Crippen LogP) is 14.2. The molecule has 0 saturated heterocycles. The third-order valence-corrected chi connectivity index (χ3v) is 10.3. The molecule has 6 heteroatoms. The molecule has 3 atom stereocenters. The lowest BCUT2D eigenvalue weighted by Crippen LogP contribution is -2.46. The molecule has 336 valence electrons. The van der Waals surface area contributed by atoms with Crippen LogP contribution in [0.25, 0.3) is 0 Å². The number of ether oxygens (including phenoxy) is 1. The molecule has 0 aromatic heterocycles. The first kappa shape index (κ1) is 55.8. The number of rotatable bonds is 41. The average molecular weight is 820 g/mol. The summed E-state index contributed by atoms with van der Waals surface area (Å²) in [5.74, 6) is -0.611. The molecule has 0 aromatic rings. The summed E-state index contributed by atoms with van der Waals surface area (Å²) < 4.78 is 5.85. The SMILES string of the molecule is CC/C=C/C=C/C=C\C=C/C=C/CCCC(=O)OC(CCCC/C=C/C/C=C/C/C=C/CC)CC(=O)NC(CO)C(O)CCCCCCCCCCCCCCCCC. The van der Waals surface area contributed by atoms with Crippen molar-refractivity contribution in [3.05, 3.63) is 97.2 Å². The predicted molar refractivity (Wildman–Crippen MR) is 254 cm³/mol. The molecule has 0 fully saturated rings. The Kier molecular flexibility index (Phi) is 43.4. The van der Waals surface area contributed by atoms with Crippen LogP contribution in [0, 0.1) is 0 Å². The van der Waals surface area contributed by atoms with Crippen LogP contribution in [0.2, 0.25) is 0 Å². The number of aliphatic hydroxyl groups excluding tert-OH is 2. The van der Waals surface area contributed by atoms with Gasteiger partial charge in [-0.2, -0.15) is 0 Å². The molecule has 59 heavy (non-hydrogen) atoms. The maximum absolute atomic E-state index is 13.2. The van der Waals surface area contributed by atoms with Crippen LogP contribution in [-0.4, -0.2) is 46.9 Å². The number of amides is 1. The second-order valence-corrected chi connectivity index (χ2v) is 15.9. The number of nitrogens with one attached hydrogen (secondary N) is 1. The monoisotopic (exact) mass is 820 g/mol. The van der Waals surface area contributed by atoms with E-state index >= 15 is 0 Å². The highest BCUT2D eigenvalue weighted by atomic mass is 16.5. The van der Waals surface area contributed by atoms with Gasteiger partial charge in [0.1, 0.15) is 6.10 Å². The van der Waals surface area contributed by atoms with E-state index in [-0.39, 0.29) is 31.3 Å². The lowest BCUT2D eigenvalue weighted by Gasteiger charge is -2.24. The van der Waals surface area contributed by atoms with Crippen molar-refractivity contribution in [1.29, 1.82) is 0 Å². The molecule has 0 aliphatic carbocycles. The van der Waals surface area contributed by atoms with Gasteiger partial charge in [-0.05, 0) is 70.6 Å². The van der Waals surface area contributed by atoms with E-state index in [1.807, 2.05) is 54.7 Å². The van der Waals surface area contributed by atoms with Crippen LogP contribution < -0.4 is 5.32 Å². The van der Waals surface area contributed by atoms with Crippen molar-refractivity contribution in [3.8, 4) is 0 Å². The molecule has 0 saturated carbocycles. The number of esters is 1. The lowest BCUT2D eigenvalue weighted by atomic mass is 10.0. The number of unbranched alkanes of at least 4 members (excludes halogenated alkanes) is 17. The summed E-state index contributed by atoms with van der Waals surface area (Å²) in [6.07, 6.45) is 60.5. The Labute approximate surface area is 363 Å². The first-order valence-corrected chi connectivity index (χ1v) is 24.0. The third kappa shape index (κ3) is 41.3. The molecule has 1 amide bonds. The molecule has 0 aliphatic heterocycles. The van der Waals surface area contributed by atoms with Gasteiger partial charge in [0.15, 0.2) is 0 Å². The first-order chi connectivity index (χ1) is 29.0. The largest absolute Gasteiger partial charge is 0.462 e. The average Bonchev–Trinajstić information content (AvgIpc) is 3.23. The molecule has 0 spiro atoms. The van der Waals surface area contributed by atoms with Gasteiger partial charge >= 0.3 is 5.97 Å². The Morgan fingerprint density at radius 1 is 0.525 bits per heavy atom. The minimum absolute atomic E-state index is 0.0172. The second-order valence-electron chi connectivity index (χ2n) is 15.9.